The lowest BCUT2D eigenvalue weighted by atomic mass is 10.4. The molecule has 0 saturated carbocycles. The first kappa shape index (κ1) is 9.63. The average Bonchev–Trinajstić information content (AvgIpc) is 2.32. The van der Waals surface area contributed by atoms with Crippen molar-refractivity contribution in [3.63, 3.8) is 0 Å². The summed E-state index contributed by atoms with van der Waals surface area (Å²) in [6.07, 6.45) is -1.98. The zero-order chi connectivity index (χ0) is 10.0. The van der Waals surface area contributed by atoms with Crippen LogP contribution in [0.25, 0.3) is 0 Å². The molecule has 4 nitrogen and oxygen atoms in total. The minimum absolute atomic E-state index is 0.128. The van der Waals surface area contributed by atoms with Gasteiger partial charge in [-0.1, -0.05) is 0 Å². The molecule has 6 heteroatoms. The van der Waals surface area contributed by atoms with E-state index in [0.29, 0.717) is 0 Å². The maximum absolute atomic E-state index is 12.2. The van der Waals surface area contributed by atoms with Gasteiger partial charge in [0.15, 0.2) is 0 Å². The van der Waals surface area contributed by atoms with Crippen molar-refractivity contribution in [1.82, 2.24) is 9.55 Å². The van der Waals surface area contributed by atoms with E-state index in [1.54, 1.807) is 0 Å². The Morgan fingerprint density at radius 2 is 2.38 bits per heavy atom. The quantitative estimate of drug-likeness (QED) is 0.773. The molecular formula is C7H8F2N2O2. The van der Waals surface area contributed by atoms with Crippen LogP contribution in [-0.4, -0.2) is 20.6 Å². The summed E-state index contributed by atoms with van der Waals surface area (Å²) in [7, 11) is 1.37. The monoisotopic (exact) mass is 190 g/mol. The van der Waals surface area contributed by atoms with Crippen molar-refractivity contribution in [3.8, 4) is 0 Å². The summed E-state index contributed by atoms with van der Waals surface area (Å²) >= 11 is 0. The number of carbonyl (C=O) groups is 1. The number of nitrogens with zero attached hydrogens (tertiary/aromatic N) is 2. The molecule has 0 unspecified atom stereocenters. The van der Waals surface area contributed by atoms with Crippen molar-refractivity contribution < 1.29 is 18.7 Å². The number of carboxylic acid groups (broad SMARTS) is 1. The fraction of sp³-hybridized carbons (Fsp3) is 0.429. The number of aliphatic carboxylic acids is 1. The topological polar surface area (TPSA) is 55.1 Å². The van der Waals surface area contributed by atoms with Crippen LogP contribution in [0.5, 0.6) is 0 Å². The number of hydrogen-bond donors (Lipinski definition) is 1. The van der Waals surface area contributed by atoms with Crippen molar-refractivity contribution in [2.75, 3.05) is 0 Å². The van der Waals surface area contributed by atoms with Crippen LogP contribution in [0, 0.1) is 0 Å². The van der Waals surface area contributed by atoms with Crippen molar-refractivity contribution in [1.29, 1.82) is 0 Å². The molecule has 1 N–H and O–H groups in total. The zero-order valence-corrected chi connectivity index (χ0v) is 6.87. The molecule has 0 radical (unpaired) electrons. The van der Waals surface area contributed by atoms with E-state index in [2.05, 4.69) is 4.98 Å². The molecule has 1 heterocycles. The van der Waals surface area contributed by atoms with Crippen LogP contribution in [0.2, 0.25) is 0 Å². The molecule has 1 rings (SSSR count). The summed E-state index contributed by atoms with van der Waals surface area (Å²) in [5.74, 6) is -0.961. The van der Waals surface area contributed by atoms with Gasteiger partial charge in [0.25, 0.3) is 6.43 Å². The second-order valence-electron chi connectivity index (χ2n) is 2.53. The van der Waals surface area contributed by atoms with Gasteiger partial charge in [-0.25, -0.2) is 13.8 Å². The molecule has 72 valence electrons. The van der Waals surface area contributed by atoms with Gasteiger partial charge < -0.3 is 9.67 Å². The van der Waals surface area contributed by atoms with E-state index in [1.807, 2.05) is 0 Å². The number of rotatable bonds is 3. The van der Waals surface area contributed by atoms with Crippen molar-refractivity contribution >= 4 is 5.97 Å². The number of aromatic nitrogens is 2. The fourth-order valence-corrected chi connectivity index (χ4v) is 0.965. The second kappa shape index (κ2) is 3.51. The zero-order valence-electron chi connectivity index (χ0n) is 6.87. The second-order valence-corrected chi connectivity index (χ2v) is 2.53. The van der Waals surface area contributed by atoms with Gasteiger partial charge in [-0.15, -0.1) is 0 Å². The van der Waals surface area contributed by atoms with Gasteiger partial charge in [0, 0.05) is 7.05 Å². The molecule has 0 amide bonds. The number of alkyl halides is 2. The minimum atomic E-state index is -2.62. The number of hydrogen-bond acceptors (Lipinski definition) is 2. The minimum Gasteiger partial charge on any atom is -0.481 e. The first-order valence-electron chi connectivity index (χ1n) is 3.52. The lowest BCUT2D eigenvalue weighted by Crippen LogP contribution is -2.08. The van der Waals surface area contributed by atoms with Crippen LogP contribution in [-0.2, 0) is 18.3 Å². The first-order valence-corrected chi connectivity index (χ1v) is 3.52. The Balaban J connectivity index is 2.92. The summed E-state index contributed by atoms with van der Waals surface area (Å²) in [5, 5.41) is 8.40. The molecule has 0 bridgehead atoms. The van der Waals surface area contributed by atoms with E-state index >= 15 is 0 Å². The van der Waals surface area contributed by atoms with Gasteiger partial charge in [-0.2, -0.15) is 0 Å². The number of halogens is 2. The van der Waals surface area contributed by atoms with E-state index < -0.39 is 12.4 Å². The van der Waals surface area contributed by atoms with E-state index in [-0.39, 0.29) is 17.9 Å². The van der Waals surface area contributed by atoms with Crippen LogP contribution < -0.4 is 0 Å². The van der Waals surface area contributed by atoms with Crippen LogP contribution in [0.4, 0.5) is 8.78 Å². The smallest absolute Gasteiger partial charge is 0.311 e. The maximum Gasteiger partial charge on any atom is 0.311 e. The summed E-state index contributed by atoms with van der Waals surface area (Å²) < 4.78 is 25.4. The molecule has 0 aliphatic heterocycles. The molecule has 1 aromatic rings. The highest BCUT2D eigenvalue weighted by Gasteiger charge is 2.16. The van der Waals surface area contributed by atoms with E-state index in [1.165, 1.54) is 7.05 Å². The molecule has 0 spiro atoms. The van der Waals surface area contributed by atoms with E-state index in [4.69, 9.17) is 5.11 Å². The van der Waals surface area contributed by atoms with Crippen molar-refractivity contribution in [2.45, 2.75) is 12.8 Å². The Bertz CT molecular complexity index is 322. The summed E-state index contributed by atoms with van der Waals surface area (Å²) in [5.41, 5.74) is -0.267. The average molecular weight is 190 g/mol. The lowest BCUT2D eigenvalue weighted by Gasteiger charge is -2.02. The summed E-state index contributed by atoms with van der Waals surface area (Å²) in [6.45, 7) is 0. The molecule has 0 saturated heterocycles. The molecule has 1 aromatic heterocycles. The fourth-order valence-electron chi connectivity index (χ4n) is 0.965. The Morgan fingerprint density at radius 1 is 1.77 bits per heavy atom. The summed E-state index contributed by atoms with van der Waals surface area (Å²) in [4.78, 5) is 13.8. The van der Waals surface area contributed by atoms with Gasteiger partial charge in [0.1, 0.15) is 17.9 Å². The maximum atomic E-state index is 12.2. The predicted molar refractivity (Wildman–Crippen MR) is 39.5 cm³/mol. The third-order valence-electron chi connectivity index (χ3n) is 1.65. The Morgan fingerprint density at radius 3 is 2.77 bits per heavy atom. The molecule has 0 fully saturated rings. The standard InChI is InChI=1S/C7H8F2N2O2/c1-11-4(7(8)9)3-10-5(11)2-6(12)13/h3,7H,2H2,1H3,(H,12,13). The Kier molecular flexibility index (Phi) is 2.60. The van der Waals surface area contributed by atoms with Gasteiger partial charge in [0.2, 0.25) is 0 Å². The Hall–Kier alpha value is -1.46. The SMILES string of the molecule is Cn1c(C(F)F)cnc1CC(=O)O. The number of carboxylic acids is 1. The van der Waals surface area contributed by atoms with Crippen LogP contribution >= 0.6 is 0 Å². The molecular weight excluding hydrogens is 182 g/mol. The first-order chi connectivity index (χ1) is 6.02. The van der Waals surface area contributed by atoms with Gasteiger partial charge >= 0.3 is 5.97 Å². The number of imidazole rings is 1. The summed E-state index contributed by atoms with van der Waals surface area (Å²) in [6, 6.07) is 0. The van der Waals surface area contributed by atoms with Crippen LogP contribution in [0.1, 0.15) is 17.9 Å². The molecule has 0 atom stereocenters. The van der Waals surface area contributed by atoms with Crippen LogP contribution in [0.3, 0.4) is 0 Å². The van der Waals surface area contributed by atoms with Crippen LogP contribution in [0.15, 0.2) is 6.20 Å². The van der Waals surface area contributed by atoms with E-state index in [9.17, 15) is 13.6 Å². The van der Waals surface area contributed by atoms with Gasteiger partial charge in [-0.05, 0) is 0 Å². The van der Waals surface area contributed by atoms with Gasteiger partial charge in [-0.3, -0.25) is 4.79 Å². The van der Waals surface area contributed by atoms with Crippen molar-refractivity contribution in [2.24, 2.45) is 7.05 Å². The van der Waals surface area contributed by atoms with Gasteiger partial charge in [0.05, 0.1) is 6.20 Å². The Labute approximate surface area is 72.8 Å². The lowest BCUT2D eigenvalue weighted by molar-refractivity contribution is -0.136. The van der Waals surface area contributed by atoms with Crippen molar-refractivity contribution in [3.05, 3.63) is 17.7 Å². The highest BCUT2D eigenvalue weighted by Crippen LogP contribution is 2.18. The molecule has 0 aliphatic rings. The third kappa shape index (κ3) is 2.01. The highest BCUT2D eigenvalue weighted by atomic mass is 19.3. The molecule has 13 heavy (non-hydrogen) atoms. The van der Waals surface area contributed by atoms with E-state index in [0.717, 1.165) is 10.8 Å². The normalized spacial score (nSPS) is 10.8. The largest absolute Gasteiger partial charge is 0.481 e. The highest BCUT2D eigenvalue weighted by molar-refractivity contribution is 5.69. The molecule has 0 aromatic carbocycles. The molecule has 0 aliphatic carbocycles. The predicted octanol–water partition coefficient (Wildman–Crippen LogP) is 0.985. The third-order valence-corrected chi connectivity index (χ3v) is 1.65.